The van der Waals surface area contributed by atoms with Gasteiger partial charge in [0.1, 0.15) is 0 Å². The van der Waals surface area contributed by atoms with Gasteiger partial charge in [-0.1, -0.05) is 11.6 Å². The Morgan fingerprint density at radius 2 is 2.15 bits per heavy atom. The van der Waals surface area contributed by atoms with Gasteiger partial charge in [0.15, 0.2) is 0 Å². The van der Waals surface area contributed by atoms with Crippen LogP contribution in [0.4, 0.5) is 0 Å². The number of nitrogens with zero attached hydrogens (tertiary/aromatic N) is 3. The standard InChI is InChI=1S/C14H14ClN3O2/c1-17-7-10(3-5-13(17)19)18-8-16-12-4-2-9(15)6-11(12)14(18)20/h2,4,6,8,10H,3,5,7H2,1H3. The smallest absolute Gasteiger partial charge is 0.261 e. The molecule has 1 atom stereocenters. The molecule has 1 aliphatic heterocycles. The number of fused-ring (bicyclic) bond motifs is 1. The molecule has 1 aliphatic rings. The quantitative estimate of drug-likeness (QED) is 0.805. The van der Waals surface area contributed by atoms with E-state index >= 15 is 0 Å². The van der Waals surface area contributed by atoms with Gasteiger partial charge >= 0.3 is 0 Å². The first-order chi connectivity index (χ1) is 9.56. The third-order valence-electron chi connectivity index (χ3n) is 3.74. The van der Waals surface area contributed by atoms with E-state index in [1.807, 2.05) is 0 Å². The summed E-state index contributed by atoms with van der Waals surface area (Å²) in [5.74, 6) is 0.117. The van der Waals surface area contributed by atoms with Crippen LogP contribution >= 0.6 is 11.6 Å². The summed E-state index contributed by atoms with van der Waals surface area (Å²) in [4.78, 5) is 30.0. The van der Waals surface area contributed by atoms with Crippen molar-refractivity contribution >= 4 is 28.4 Å². The van der Waals surface area contributed by atoms with E-state index in [1.54, 1.807) is 41.0 Å². The van der Waals surface area contributed by atoms with Crippen LogP contribution in [0.2, 0.25) is 5.02 Å². The van der Waals surface area contributed by atoms with E-state index in [4.69, 9.17) is 11.6 Å². The molecule has 1 aromatic heterocycles. The number of hydrogen-bond acceptors (Lipinski definition) is 3. The second kappa shape index (κ2) is 4.90. The molecule has 1 amide bonds. The first-order valence-electron chi connectivity index (χ1n) is 6.46. The number of carbonyl (C=O) groups is 1. The number of likely N-dealkylation sites (N-methyl/N-ethyl adjacent to an activating group) is 1. The molecule has 0 saturated carbocycles. The summed E-state index contributed by atoms with van der Waals surface area (Å²) in [6.07, 6.45) is 2.69. The van der Waals surface area contributed by atoms with E-state index in [9.17, 15) is 9.59 Å². The SMILES string of the molecule is CN1CC(n2cnc3ccc(Cl)cc3c2=O)CCC1=O. The van der Waals surface area contributed by atoms with Crippen molar-refractivity contribution in [3.05, 3.63) is 39.9 Å². The molecular weight excluding hydrogens is 278 g/mol. The number of aromatic nitrogens is 2. The average Bonchev–Trinajstić information content (AvgIpc) is 2.43. The molecule has 1 saturated heterocycles. The van der Waals surface area contributed by atoms with Crippen LogP contribution in [0.5, 0.6) is 0 Å². The lowest BCUT2D eigenvalue weighted by Gasteiger charge is -2.30. The molecule has 3 rings (SSSR count). The maximum atomic E-state index is 12.5. The summed E-state index contributed by atoms with van der Waals surface area (Å²) in [7, 11) is 1.75. The maximum Gasteiger partial charge on any atom is 0.261 e. The topological polar surface area (TPSA) is 55.2 Å². The fraction of sp³-hybridized carbons (Fsp3) is 0.357. The summed E-state index contributed by atoms with van der Waals surface area (Å²) in [6, 6.07) is 5.06. The molecule has 0 spiro atoms. The second-order valence-electron chi connectivity index (χ2n) is 5.09. The lowest BCUT2D eigenvalue weighted by molar-refractivity contribution is -0.132. The molecule has 104 valence electrons. The molecule has 0 bridgehead atoms. The van der Waals surface area contributed by atoms with Crippen LogP contribution < -0.4 is 5.56 Å². The zero-order valence-corrected chi connectivity index (χ0v) is 11.8. The molecule has 6 heteroatoms. The van der Waals surface area contributed by atoms with Gasteiger partial charge < -0.3 is 4.90 Å². The van der Waals surface area contributed by atoms with Crippen molar-refractivity contribution in [3.63, 3.8) is 0 Å². The number of hydrogen-bond donors (Lipinski definition) is 0. The molecule has 2 heterocycles. The van der Waals surface area contributed by atoms with Gasteiger partial charge in [0.05, 0.1) is 23.3 Å². The minimum Gasteiger partial charge on any atom is -0.344 e. The van der Waals surface area contributed by atoms with Crippen LogP contribution in [-0.4, -0.2) is 34.0 Å². The molecule has 1 fully saturated rings. The Morgan fingerprint density at radius 1 is 1.35 bits per heavy atom. The zero-order chi connectivity index (χ0) is 14.3. The molecule has 5 nitrogen and oxygen atoms in total. The van der Waals surface area contributed by atoms with Crippen LogP contribution in [0.3, 0.4) is 0 Å². The third kappa shape index (κ3) is 2.18. The highest BCUT2D eigenvalue weighted by atomic mass is 35.5. The van der Waals surface area contributed by atoms with E-state index in [0.29, 0.717) is 35.3 Å². The van der Waals surface area contributed by atoms with E-state index in [2.05, 4.69) is 4.98 Å². The van der Waals surface area contributed by atoms with E-state index in [-0.39, 0.29) is 17.5 Å². The number of carbonyl (C=O) groups excluding carboxylic acids is 1. The summed E-state index contributed by atoms with van der Waals surface area (Å²) < 4.78 is 1.61. The number of amides is 1. The van der Waals surface area contributed by atoms with Gasteiger partial charge in [-0.2, -0.15) is 0 Å². The Labute approximate surface area is 120 Å². The third-order valence-corrected chi connectivity index (χ3v) is 3.98. The van der Waals surface area contributed by atoms with Gasteiger partial charge in [-0.25, -0.2) is 4.98 Å². The van der Waals surface area contributed by atoms with Crippen LogP contribution in [-0.2, 0) is 4.79 Å². The first-order valence-corrected chi connectivity index (χ1v) is 6.84. The molecule has 20 heavy (non-hydrogen) atoms. The van der Waals surface area contributed by atoms with Gasteiger partial charge in [-0.3, -0.25) is 14.2 Å². The number of benzene rings is 1. The van der Waals surface area contributed by atoms with Crippen molar-refractivity contribution in [1.29, 1.82) is 0 Å². The fourth-order valence-electron chi connectivity index (χ4n) is 2.59. The highest BCUT2D eigenvalue weighted by Gasteiger charge is 2.25. The minimum absolute atomic E-state index is 0.0268. The summed E-state index contributed by atoms with van der Waals surface area (Å²) >= 11 is 5.94. The number of likely N-dealkylation sites (tertiary alicyclic amines) is 1. The van der Waals surface area contributed by atoms with Crippen molar-refractivity contribution in [1.82, 2.24) is 14.5 Å². The van der Waals surface area contributed by atoms with Crippen LogP contribution in [0, 0.1) is 0 Å². The Hall–Kier alpha value is -1.88. The largest absolute Gasteiger partial charge is 0.344 e. The second-order valence-corrected chi connectivity index (χ2v) is 5.52. The van der Waals surface area contributed by atoms with E-state index < -0.39 is 0 Å². The zero-order valence-electron chi connectivity index (χ0n) is 11.0. The van der Waals surface area contributed by atoms with Gasteiger partial charge in [-0.05, 0) is 24.6 Å². The van der Waals surface area contributed by atoms with Crippen LogP contribution in [0.25, 0.3) is 10.9 Å². The maximum absolute atomic E-state index is 12.5. The lowest BCUT2D eigenvalue weighted by atomic mass is 10.1. The summed E-state index contributed by atoms with van der Waals surface area (Å²) in [5.41, 5.74) is 0.529. The Balaban J connectivity index is 2.06. The fourth-order valence-corrected chi connectivity index (χ4v) is 2.76. The van der Waals surface area contributed by atoms with Crippen LogP contribution in [0.1, 0.15) is 18.9 Å². The van der Waals surface area contributed by atoms with Crippen molar-refractivity contribution in [3.8, 4) is 0 Å². The summed E-state index contributed by atoms with van der Waals surface area (Å²) in [5, 5.41) is 1.03. The first kappa shape index (κ1) is 13.1. The number of piperidine rings is 1. The Kier molecular flexibility index (Phi) is 3.22. The summed E-state index contributed by atoms with van der Waals surface area (Å²) in [6.45, 7) is 0.534. The average molecular weight is 292 g/mol. The number of rotatable bonds is 1. The van der Waals surface area contributed by atoms with E-state index in [1.165, 1.54) is 0 Å². The monoisotopic (exact) mass is 291 g/mol. The highest BCUT2D eigenvalue weighted by Crippen LogP contribution is 2.21. The van der Waals surface area contributed by atoms with Crippen LogP contribution in [0.15, 0.2) is 29.3 Å². The van der Waals surface area contributed by atoms with Crippen molar-refractivity contribution in [2.45, 2.75) is 18.9 Å². The van der Waals surface area contributed by atoms with Gasteiger partial charge in [0.25, 0.3) is 5.56 Å². The van der Waals surface area contributed by atoms with Crippen molar-refractivity contribution < 1.29 is 4.79 Å². The Bertz CT molecular complexity index is 741. The lowest BCUT2D eigenvalue weighted by Crippen LogP contribution is -2.40. The van der Waals surface area contributed by atoms with Crippen molar-refractivity contribution in [2.75, 3.05) is 13.6 Å². The van der Waals surface area contributed by atoms with Gasteiger partial charge in [-0.15, -0.1) is 0 Å². The molecular formula is C14H14ClN3O2. The number of halogens is 1. The normalized spacial score (nSPS) is 19.6. The molecule has 1 aromatic carbocycles. The predicted octanol–water partition coefficient (Wildman–Crippen LogP) is 1.84. The van der Waals surface area contributed by atoms with E-state index in [0.717, 1.165) is 0 Å². The molecule has 0 N–H and O–H groups in total. The molecule has 0 radical (unpaired) electrons. The minimum atomic E-state index is -0.106. The van der Waals surface area contributed by atoms with Gasteiger partial charge in [0.2, 0.25) is 5.91 Å². The van der Waals surface area contributed by atoms with Crippen molar-refractivity contribution in [2.24, 2.45) is 0 Å². The predicted molar refractivity (Wildman–Crippen MR) is 76.9 cm³/mol. The van der Waals surface area contributed by atoms with Gasteiger partial charge in [0, 0.05) is 25.0 Å². The highest BCUT2D eigenvalue weighted by molar-refractivity contribution is 6.31. The molecule has 1 unspecified atom stereocenters. The molecule has 2 aromatic rings. The molecule has 0 aliphatic carbocycles. The Morgan fingerprint density at radius 3 is 2.90 bits per heavy atom.